The zero-order valence-corrected chi connectivity index (χ0v) is 15.0. The lowest BCUT2D eigenvalue weighted by Crippen LogP contribution is -2.13. The number of benzene rings is 3. The van der Waals surface area contributed by atoms with Gasteiger partial charge in [0.25, 0.3) is 0 Å². The van der Waals surface area contributed by atoms with Gasteiger partial charge in [0.1, 0.15) is 0 Å². The highest BCUT2D eigenvalue weighted by Gasteiger charge is 2.30. The topological polar surface area (TPSA) is 0 Å². The van der Waals surface area contributed by atoms with Gasteiger partial charge in [0, 0.05) is 16.1 Å². The summed E-state index contributed by atoms with van der Waals surface area (Å²) in [5, 5.41) is 0.520. The standard InChI is InChI=1S/C23H22S/c1-16-11-13-18(14-12-16)21-15-22(19-8-4-3-5-9-19)24-23-17(2)7-6-10-20(21)23/h3-14,21-22H,15H2,1-2H3/t21-,22+/m1/s1. The largest absolute Gasteiger partial charge is 0.117 e. The maximum atomic E-state index is 2.32. The molecule has 1 aliphatic heterocycles. The van der Waals surface area contributed by atoms with E-state index in [1.165, 1.54) is 32.7 Å². The summed E-state index contributed by atoms with van der Waals surface area (Å²) >= 11 is 2.04. The van der Waals surface area contributed by atoms with Crippen molar-refractivity contribution in [3.63, 3.8) is 0 Å². The van der Waals surface area contributed by atoms with Crippen molar-refractivity contribution < 1.29 is 0 Å². The number of fused-ring (bicyclic) bond motifs is 1. The number of rotatable bonds is 2. The number of aryl methyl sites for hydroxylation is 2. The monoisotopic (exact) mass is 330 g/mol. The molecule has 0 aromatic heterocycles. The minimum absolute atomic E-state index is 0.479. The maximum absolute atomic E-state index is 2.32. The molecule has 0 nitrogen and oxygen atoms in total. The molecule has 1 aliphatic rings. The quantitative estimate of drug-likeness (QED) is 0.505. The molecule has 1 heteroatoms. The Morgan fingerprint density at radius 2 is 1.50 bits per heavy atom. The molecule has 0 spiro atoms. The van der Waals surface area contributed by atoms with Crippen LogP contribution in [0.1, 0.15) is 45.4 Å². The van der Waals surface area contributed by atoms with Crippen LogP contribution in [-0.2, 0) is 0 Å². The predicted octanol–water partition coefficient (Wildman–Crippen LogP) is 6.67. The molecule has 0 fully saturated rings. The van der Waals surface area contributed by atoms with Crippen LogP contribution in [0, 0.1) is 13.8 Å². The summed E-state index contributed by atoms with van der Waals surface area (Å²) in [5.41, 5.74) is 7.10. The average molecular weight is 330 g/mol. The van der Waals surface area contributed by atoms with Gasteiger partial charge in [-0.05, 0) is 42.5 Å². The molecule has 0 saturated heterocycles. The Morgan fingerprint density at radius 3 is 2.25 bits per heavy atom. The fraction of sp³-hybridized carbons (Fsp3) is 0.217. The molecule has 0 aliphatic carbocycles. The Hall–Kier alpha value is -1.99. The van der Waals surface area contributed by atoms with Crippen LogP contribution in [0.5, 0.6) is 0 Å². The molecule has 0 bridgehead atoms. The van der Waals surface area contributed by atoms with Crippen LogP contribution in [-0.4, -0.2) is 0 Å². The zero-order valence-electron chi connectivity index (χ0n) is 14.2. The van der Waals surface area contributed by atoms with E-state index in [0.717, 1.165) is 6.42 Å². The molecule has 0 radical (unpaired) electrons. The first-order chi connectivity index (χ1) is 11.7. The van der Waals surface area contributed by atoms with Crippen LogP contribution < -0.4 is 0 Å². The second-order valence-electron chi connectivity index (χ2n) is 6.71. The van der Waals surface area contributed by atoms with Crippen molar-refractivity contribution in [1.82, 2.24) is 0 Å². The van der Waals surface area contributed by atoms with Gasteiger partial charge < -0.3 is 0 Å². The molecule has 2 atom stereocenters. The first-order valence-corrected chi connectivity index (χ1v) is 9.48. The van der Waals surface area contributed by atoms with E-state index in [4.69, 9.17) is 0 Å². The van der Waals surface area contributed by atoms with Crippen molar-refractivity contribution in [1.29, 1.82) is 0 Å². The molecule has 0 unspecified atom stereocenters. The van der Waals surface area contributed by atoms with E-state index in [-0.39, 0.29) is 0 Å². The van der Waals surface area contributed by atoms with Gasteiger partial charge in [-0.15, -0.1) is 11.8 Å². The van der Waals surface area contributed by atoms with Crippen LogP contribution in [0.25, 0.3) is 0 Å². The summed E-state index contributed by atoms with van der Waals surface area (Å²) < 4.78 is 0. The summed E-state index contributed by atoms with van der Waals surface area (Å²) in [4.78, 5) is 1.48. The summed E-state index contributed by atoms with van der Waals surface area (Å²) in [6, 6.07) is 26.8. The number of hydrogen-bond donors (Lipinski definition) is 0. The molecule has 3 aromatic rings. The molecule has 0 N–H and O–H groups in total. The SMILES string of the molecule is Cc1ccc([C@H]2C[C@@H](c3ccccc3)Sc3c(C)cccc32)cc1. The lowest BCUT2D eigenvalue weighted by molar-refractivity contribution is 0.674. The second-order valence-corrected chi connectivity index (χ2v) is 7.92. The minimum Gasteiger partial charge on any atom is -0.117 e. The summed E-state index contributed by atoms with van der Waals surface area (Å²) in [5.74, 6) is 0.479. The van der Waals surface area contributed by atoms with Gasteiger partial charge in [0.2, 0.25) is 0 Å². The van der Waals surface area contributed by atoms with Crippen molar-refractivity contribution in [2.24, 2.45) is 0 Å². The zero-order chi connectivity index (χ0) is 16.5. The highest BCUT2D eigenvalue weighted by atomic mass is 32.2. The summed E-state index contributed by atoms with van der Waals surface area (Å²) in [6.07, 6.45) is 1.16. The third kappa shape index (κ3) is 2.89. The fourth-order valence-corrected chi connectivity index (χ4v) is 5.09. The fourth-order valence-electron chi connectivity index (χ4n) is 3.63. The molecule has 3 aromatic carbocycles. The van der Waals surface area contributed by atoms with E-state index >= 15 is 0 Å². The molecule has 1 heterocycles. The predicted molar refractivity (Wildman–Crippen MR) is 104 cm³/mol. The van der Waals surface area contributed by atoms with Gasteiger partial charge in [-0.2, -0.15) is 0 Å². The highest BCUT2D eigenvalue weighted by molar-refractivity contribution is 7.99. The second kappa shape index (κ2) is 6.49. The highest BCUT2D eigenvalue weighted by Crippen LogP contribution is 2.52. The van der Waals surface area contributed by atoms with E-state index in [1.807, 2.05) is 11.8 Å². The Bertz CT molecular complexity index is 834. The molecular formula is C23H22S. The number of hydrogen-bond acceptors (Lipinski definition) is 1. The van der Waals surface area contributed by atoms with Crippen LogP contribution in [0.4, 0.5) is 0 Å². The first kappa shape index (κ1) is 15.5. The van der Waals surface area contributed by atoms with E-state index in [2.05, 4.69) is 86.6 Å². The summed E-state index contributed by atoms with van der Waals surface area (Å²) in [6.45, 7) is 4.40. The third-order valence-electron chi connectivity index (χ3n) is 4.98. The average Bonchev–Trinajstić information content (AvgIpc) is 2.63. The van der Waals surface area contributed by atoms with E-state index < -0.39 is 0 Å². The van der Waals surface area contributed by atoms with Gasteiger partial charge in [-0.3, -0.25) is 0 Å². The van der Waals surface area contributed by atoms with Gasteiger partial charge in [0.05, 0.1) is 0 Å². The Balaban J connectivity index is 1.80. The first-order valence-electron chi connectivity index (χ1n) is 8.60. The third-order valence-corrected chi connectivity index (χ3v) is 6.52. The summed E-state index contributed by atoms with van der Waals surface area (Å²) in [7, 11) is 0. The van der Waals surface area contributed by atoms with E-state index in [1.54, 1.807) is 0 Å². The normalized spacial score (nSPS) is 19.8. The van der Waals surface area contributed by atoms with Crippen molar-refractivity contribution in [3.05, 3.63) is 101 Å². The van der Waals surface area contributed by atoms with Crippen molar-refractivity contribution in [3.8, 4) is 0 Å². The van der Waals surface area contributed by atoms with Gasteiger partial charge in [-0.1, -0.05) is 78.4 Å². The van der Waals surface area contributed by atoms with Crippen LogP contribution in [0.3, 0.4) is 0 Å². The smallest absolute Gasteiger partial charge is 0.0353 e. The number of thioether (sulfide) groups is 1. The molecule has 0 amide bonds. The van der Waals surface area contributed by atoms with Gasteiger partial charge >= 0.3 is 0 Å². The van der Waals surface area contributed by atoms with E-state index in [0.29, 0.717) is 11.2 Å². The van der Waals surface area contributed by atoms with Crippen molar-refractivity contribution in [2.75, 3.05) is 0 Å². The van der Waals surface area contributed by atoms with E-state index in [9.17, 15) is 0 Å². The molecule has 4 rings (SSSR count). The lowest BCUT2D eigenvalue weighted by atomic mass is 9.84. The molecular weight excluding hydrogens is 308 g/mol. The molecule has 0 saturated carbocycles. The molecule has 120 valence electrons. The van der Waals surface area contributed by atoms with Crippen LogP contribution in [0.2, 0.25) is 0 Å². The Kier molecular flexibility index (Phi) is 4.20. The van der Waals surface area contributed by atoms with Crippen LogP contribution in [0.15, 0.2) is 77.7 Å². The van der Waals surface area contributed by atoms with Crippen molar-refractivity contribution >= 4 is 11.8 Å². The lowest BCUT2D eigenvalue weighted by Gasteiger charge is -2.33. The maximum Gasteiger partial charge on any atom is 0.0353 e. The Labute approximate surface area is 148 Å². The van der Waals surface area contributed by atoms with Crippen LogP contribution >= 0.6 is 11.8 Å². The molecule has 24 heavy (non-hydrogen) atoms. The Morgan fingerprint density at radius 1 is 0.750 bits per heavy atom. The van der Waals surface area contributed by atoms with Gasteiger partial charge in [-0.25, -0.2) is 0 Å². The van der Waals surface area contributed by atoms with Crippen molar-refractivity contribution in [2.45, 2.75) is 36.3 Å². The van der Waals surface area contributed by atoms with Gasteiger partial charge in [0.15, 0.2) is 0 Å². The minimum atomic E-state index is 0.479.